The minimum absolute atomic E-state index is 0.0525. The van der Waals surface area contributed by atoms with Crippen LogP contribution in [0.25, 0.3) is 0 Å². The molecule has 0 aromatic rings. The monoisotopic (exact) mass is 258 g/mol. The van der Waals surface area contributed by atoms with E-state index in [1.54, 1.807) is 0 Å². The predicted molar refractivity (Wildman–Crippen MR) is 60.4 cm³/mol. The van der Waals surface area contributed by atoms with E-state index < -0.39 is 23.8 Å². The van der Waals surface area contributed by atoms with Gasteiger partial charge in [0, 0.05) is 0 Å². The summed E-state index contributed by atoms with van der Waals surface area (Å²) < 4.78 is 13.9. The van der Waals surface area contributed by atoms with Crippen LogP contribution in [0.4, 0.5) is 0 Å². The second-order valence-electron chi connectivity index (χ2n) is 4.97. The second kappa shape index (κ2) is 5.37. The van der Waals surface area contributed by atoms with Gasteiger partial charge in [-0.1, -0.05) is 13.8 Å². The zero-order valence-corrected chi connectivity index (χ0v) is 11.0. The van der Waals surface area contributed by atoms with Crippen LogP contribution in [0.3, 0.4) is 0 Å². The molecular formula is C12H18O6. The summed E-state index contributed by atoms with van der Waals surface area (Å²) >= 11 is 0. The Hall–Kier alpha value is -1.59. The van der Waals surface area contributed by atoms with Crippen molar-refractivity contribution in [3.05, 3.63) is 0 Å². The number of carbonyl (C=O) groups is 3. The number of methoxy groups -OCH3 is 2. The van der Waals surface area contributed by atoms with E-state index >= 15 is 0 Å². The molecular weight excluding hydrogens is 240 g/mol. The van der Waals surface area contributed by atoms with E-state index in [1.165, 1.54) is 0 Å². The molecule has 0 aromatic carbocycles. The van der Waals surface area contributed by atoms with Crippen molar-refractivity contribution in [3.63, 3.8) is 0 Å². The fraction of sp³-hybridized carbons (Fsp3) is 0.750. The van der Waals surface area contributed by atoms with Crippen LogP contribution in [-0.4, -0.2) is 38.7 Å². The Labute approximate surface area is 106 Å². The van der Waals surface area contributed by atoms with Crippen molar-refractivity contribution in [1.29, 1.82) is 0 Å². The van der Waals surface area contributed by atoms with E-state index in [0.717, 1.165) is 20.6 Å². The molecule has 0 aliphatic heterocycles. The number of ether oxygens (including phenoxy) is 3. The molecule has 18 heavy (non-hydrogen) atoms. The van der Waals surface area contributed by atoms with Crippen molar-refractivity contribution >= 4 is 17.9 Å². The number of hydrogen-bond donors (Lipinski definition) is 0. The molecule has 1 fully saturated rings. The molecule has 0 bridgehead atoms. The molecule has 1 unspecified atom stereocenters. The molecule has 102 valence electrons. The number of hydrogen-bond acceptors (Lipinski definition) is 6. The van der Waals surface area contributed by atoms with E-state index in [-0.39, 0.29) is 17.9 Å². The van der Waals surface area contributed by atoms with Crippen molar-refractivity contribution in [3.8, 4) is 0 Å². The lowest BCUT2D eigenvalue weighted by molar-refractivity contribution is -0.164. The van der Waals surface area contributed by atoms with Crippen molar-refractivity contribution in [1.82, 2.24) is 0 Å². The SMILES string of the molecule is COC(=O)C(COC(=O)C1CC1(C)C)C(=O)OC. The molecule has 1 saturated carbocycles. The van der Waals surface area contributed by atoms with Gasteiger partial charge in [-0.05, 0) is 11.8 Å². The summed E-state index contributed by atoms with van der Waals surface area (Å²) in [4.78, 5) is 34.3. The second-order valence-corrected chi connectivity index (χ2v) is 4.97. The highest BCUT2D eigenvalue weighted by molar-refractivity contribution is 5.95. The Morgan fingerprint density at radius 3 is 1.94 bits per heavy atom. The van der Waals surface area contributed by atoms with Crippen molar-refractivity contribution in [2.24, 2.45) is 17.3 Å². The van der Waals surface area contributed by atoms with Gasteiger partial charge in [0.15, 0.2) is 5.92 Å². The highest BCUT2D eigenvalue weighted by atomic mass is 16.6. The Kier molecular flexibility index (Phi) is 4.32. The Bertz CT molecular complexity index is 344. The lowest BCUT2D eigenvalue weighted by Crippen LogP contribution is -2.32. The Balaban J connectivity index is 2.50. The van der Waals surface area contributed by atoms with Crippen LogP contribution in [0, 0.1) is 17.3 Å². The summed E-state index contributed by atoms with van der Waals surface area (Å²) in [7, 11) is 2.31. The van der Waals surface area contributed by atoms with Crippen LogP contribution in [0.15, 0.2) is 0 Å². The molecule has 0 radical (unpaired) electrons. The molecule has 1 aliphatic carbocycles. The van der Waals surface area contributed by atoms with Crippen molar-refractivity contribution in [2.75, 3.05) is 20.8 Å². The molecule has 1 atom stereocenters. The van der Waals surface area contributed by atoms with Gasteiger partial charge < -0.3 is 14.2 Å². The lowest BCUT2D eigenvalue weighted by Gasteiger charge is -2.13. The summed E-state index contributed by atoms with van der Waals surface area (Å²) in [5.74, 6) is -3.31. The van der Waals surface area contributed by atoms with Crippen molar-refractivity contribution in [2.45, 2.75) is 20.3 Å². The van der Waals surface area contributed by atoms with E-state index in [4.69, 9.17) is 4.74 Å². The van der Waals surface area contributed by atoms with Crippen LogP contribution < -0.4 is 0 Å². The van der Waals surface area contributed by atoms with Gasteiger partial charge in [-0.3, -0.25) is 14.4 Å². The maximum absolute atomic E-state index is 11.6. The zero-order chi connectivity index (χ0) is 13.9. The molecule has 0 spiro atoms. The molecule has 6 heteroatoms. The van der Waals surface area contributed by atoms with Gasteiger partial charge in [0.05, 0.1) is 20.1 Å². The van der Waals surface area contributed by atoms with Gasteiger partial charge >= 0.3 is 17.9 Å². The van der Waals surface area contributed by atoms with Gasteiger partial charge in [-0.2, -0.15) is 0 Å². The van der Waals surface area contributed by atoms with Crippen LogP contribution in [0.2, 0.25) is 0 Å². The summed E-state index contributed by atoms with van der Waals surface area (Å²) in [6, 6.07) is 0. The minimum Gasteiger partial charge on any atom is -0.468 e. The summed E-state index contributed by atoms with van der Waals surface area (Å²) in [5.41, 5.74) is -0.0525. The average Bonchev–Trinajstić information content (AvgIpc) is 2.97. The molecule has 0 N–H and O–H groups in total. The molecule has 0 aromatic heterocycles. The first kappa shape index (κ1) is 14.5. The van der Waals surface area contributed by atoms with E-state index in [0.29, 0.717) is 0 Å². The van der Waals surface area contributed by atoms with Gasteiger partial charge in [-0.25, -0.2) is 0 Å². The molecule has 0 amide bonds. The van der Waals surface area contributed by atoms with Gasteiger partial charge in [0.1, 0.15) is 6.61 Å². The molecule has 1 rings (SSSR count). The highest BCUT2D eigenvalue weighted by Gasteiger charge is 2.52. The number of esters is 3. The van der Waals surface area contributed by atoms with Gasteiger partial charge in [0.2, 0.25) is 0 Å². The number of rotatable bonds is 5. The first-order valence-electron chi connectivity index (χ1n) is 5.65. The average molecular weight is 258 g/mol. The van der Waals surface area contributed by atoms with Gasteiger partial charge in [-0.15, -0.1) is 0 Å². The van der Waals surface area contributed by atoms with Gasteiger partial charge in [0.25, 0.3) is 0 Å². The van der Waals surface area contributed by atoms with Crippen molar-refractivity contribution < 1.29 is 28.6 Å². The summed E-state index contributed by atoms with van der Waals surface area (Å²) in [6.07, 6.45) is 0.757. The Morgan fingerprint density at radius 1 is 1.17 bits per heavy atom. The molecule has 6 nitrogen and oxygen atoms in total. The predicted octanol–water partition coefficient (Wildman–Crippen LogP) is 0.538. The van der Waals surface area contributed by atoms with Crippen LogP contribution >= 0.6 is 0 Å². The highest BCUT2D eigenvalue weighted by Crippen LogP contribution is 2.52. The lowest BCUT2D eigenvalue weighted by atomic mass is 10.1. The third-order valence-corrected chi connectivity index (χ3v) is 3.16. The fourth-order valence-electron chi connectivity index (χ4n) is 1.65. The largest absolute Gasteiger partial charge is 0.468 e. The summed E-state index contributed by atoms with van der Waals surface area (Å²) in [6.45, 7) is 3.57. The summed E-state index contributed by atoms with van der Waals surface area (Å²) in [5, 5.41) is 0. The topological polar surface area (TPSA) is 78.9 Å². The number of carbonyl (C=O) groups excluding carboxylic acids is 3. The molecule has 0 saturated heterocycles. The third-order valence-electron chi connectivity index (χ3n) is 3.16. The minimum atomic E-state index is -1.22. The third kappa shape index (κ3) is 3.21. The zero-order valence-electron chi connectivity index (χ0n) is 11.0. The molecule has 1 aliphatic rings. The van der Waals surface area contributed by atoms with E-state index in [1.807, 2.05) is 13.8 Å². The normalized spacial score (nSPS) is 20.2. The van der Waals surface area contributed by atoms with E-state index in [9.17, 15) is 14.4 Å². The first-order chi connectivity index (χ1) is 8.33. The fourth-order valence-corrected chi connectivity index (χ4v) is 1.65. The standard InChI is InChI=1S/C12H18O6/c1-12(2)5-8(12)11(15)18-6-7(9(13)16-3)10(14)17-4/h7-8H,5-6H2,1-4H3. The van der Waals surface area contributed by atoms with Crippen LogP contribution in [-0.2, 0) is 28.6 Å². The van der Waals surface area contributed by atoms with E-state index in [2.05, 4.69) is 9.47 Å². The van der Waals surface area contributed by atoms with Crippen LogP contribution in [0.5, 0.6) is 0 Å². The maximum Gasteiger partial charge on any atom is 0.323 e. The van der Waals surface area contributed by atoms with Crippen LogP contribution in [0.1, 0.15) is 20.3 Å². The smallest absolute Gasteiger partial charge is 0.323 e. The first-order valence-corrected chi connectivity index (χ1v) is 5.65. The Morgan fingerprint density at radius 2 is 1.61 bits per heavy atom. The maximum atomic E-state index is 11.6. The molecule has 0 heterocycles. The quantitative estimate of drug-likeness (QED) is 0.407.